The number of benzene rings is 1. The molecule has 0 spiro atoms. The minimum Gasteiger partial charge on any atom is -0.353 e. The Hall–Kier alpha value is -2.21. The molecule has 1 aromatic heterocycles. The summed E-state index contributed by atoms with van der Waals surface area (Å²) < 4.78 is 0. The van der Waals surface area contributed by atoms with Gasteiger partial charge in [0, 0.05) is 31.1 Å². The monoisotopic (exact) mass is 439 g/mol. The number of nitrogens with one attached hydrogen (secondary N) is 1. The second kappa shape index (κ2) is 9.94. The fourth-order valence-corrected chi connectivity index (χ4v) is 5.73. The summed E-state index contributed by atoms with van der Waals surface area (Å²) in [4.78, 5) is 32.9. The van der Waals surface area contributed by atoms with Crippen LogP contribution in [0.15, 0.2) is 24.3 Å². The predicted molar refractivity (Wildman–Crippen MR) is 125 cm³/mol. The molecule has 0 atom stereocenters. The standard InChI is InChI=1S/C25H33N3O2S/c1-17-8-10-20(11-9-17)24-26-18(2)23(31-24)25(30)28-14-12-19(13-15-28)16-22(29)27-21-6-4-3-5-7-21/h8-11,19,21H,3-7,12-16H2,1-2H3,(H,27,29). The van der Waals surface area contributed by atoms with Crippen molar-refractivity contribution in [1.82, 2.24) is 15.2 Å². The van der Waals surface area contributed by atoms with Gasteiger partial charge >= 0.3 is 0 Å². The van der Waals surface area contributed by atoms with Crippen LogP contribution in [0.4, 0.5) is 0 Å². The van der Waals surface area contributed by atoms with Gasteiger partial charge in [0.05, 0.1) is 5.69 Å². The Morgan fingerprint density at radius 1 is 1.03 bits per heavy atom. The van der Waals surface area contributed by atoms with Crippen LogP contribution in [0.25, 0.3) is 10.6 Å². The fourth-order valence-electron chi connectivity index (χ4n) is 4.69. The number of rotatable bonds is 5. The number of hydrogen-bond acceptors (Lipinski definition) is 4. The Morgan fingerprint density at radius 3 is 2.39 bits per heavy atom. The van der Waals surface area contributed by atoms with Gasteiger partial charge in [0.2, 0.25) is 5.91 Å². The van der Waals surface area contributed by atoms with E-state index in [0.717, 1.165) is 59.9 Å². The number of carbonyl (C=O) groups excluding carboxylic acids is 2. The van der Waals surface area contributed by atoms with E-state index in [-0.39, 0.29) is 11.8 Å². The highest BCUT2D eigenvalue weighted by atomic mass is 32.1. The largest absolute Gasteiger partial charge is 0.353 e. The number of likely N-dealkylation sites (tertiary alicyclic amines) is 1. The number of carbonyl (C=O) groups is 2. The average Bonchev–Trinajstić information content (AvgIpc) is 3.16. The molecule has 5 nitrogen and oxygen atoms in total. The van der Waals surface area contributed by atoms with E-state index >= 15 is 0 Å². The summed E-state index contributed by atoms with van der Waals surface area (Å²) >= 11 is 1.48. The van der Waals surface area contributed by atoms with Crippen LogP contribution in [0.5, 0.6) is 0 Å². The van der Waals surface area contributed by atoms with Crippen LogP contribution >= 0.6 is 11.3 Å². The molecule has 6 heteroatoms. The lowest BCUT2D eigenvalue weighted by atomic mass is 9.92. The molecule has 2 aliphatic rings. The van der Waals surface area contributed by atoms with E-state index in [1.165, 1.54) is 36.2 Å². The summed E-state index contributed by atoms with van der Waals surface area (Å²) in [5.41, 5.74) is 3.07. The maximum absolute atomic E-state index is 13.1. The maximum atomic E-state index is 13.1. The highest BCUT2D eigenvalue weighted by molar-refractivity contribution is 7.17. The molecular weight excluding hydrogens is 406 g/mol. The molecule has 2 fully saturated rings. The van der Waals surface area contributed by atoms with Gasteiger partial charge in [-0.15, -0.1) is 11.3 Å². The van der Waals surface area contributed by atoms with E-state index in [9.17, 15) is 9.59 Å². The Balaban J connectivity index is 1.30. The van der Waals surface area contributed by atoms with E-state index in [1.54, 1.807) is 0 Å². The highest BCUT2D eigenvalue weighted by Gasteiger charge is 2.28. The average molecular weight is 440 g/mol. The highest BCUT2D eigenvalue weighted by Crippen LogP contribution is 2.30. The van der Waals surface area contributed by atoms with Gasteiger partial charge in [-0.1, -0.05) is 49.1 Å². The van der Waals surface area contributed by atoms with Crippen molar-refractivity contribution in [2.75, 3.05) is 13.1 Å². The minimum absolute atomic E-state index is 0.0819. The zero-order chi connectivity index (χ0) is 21.8. The quantitative estimate of drug-likeness (QED) is 0.703. The molecule has 0 unspecified atom stereocenters. The van der Waals surface area contributed by atoms with Gasteiger partial charge in [-0.2, -0.15) is 0 Å². The number of aromatic nitrogens is 1. The third-order valence-electron chi connectivity index (χ3n) is 6.64. The number of nitrogens with zero attached hydrogens (tertiary/aromatic N) is 2. The van der Waals surface area contributed by atoms with Crippen LogP contribution in [-0.2, 0) is 4.79 Å². The summed E-state index contributed by atoms with van der Waals surface area (Å²) in [6, 6.07) is 8.64. The molecule has 1 N–H and O–H groups in total. The van der Waals surface area contributed by atoms with Crippen LogP contribution in [0.3, 0.4) is 0 Å². The smallest absolute Gasteiger partial charge is 0.265 e. The normalized spacial score (nSPS) is 18.2. The van der Waals surface area contributed by atoms with Crippen LogP contribution in [0.1, 0.15) is 72.3 Å². The Morgan fingerprint density at radius 2 is 1.71 bits per heavy atom. The SMILES string of the molecule is Cc1ccc(-c2nc(C)c(C(=O)N3CCC(CC(=O)NC4CCCCC4)CC3)s2)cc1. The summed E-state index contributed by atoms with van der Waals surface area (Å²) in [6.07, 6.45) is 8.39. The van der Waals surface area contributed by atoms with Crippen LogP contribution < -0.4 is 5.32 Å². The van der Waals surface area contributed by atoms with Gasteiger partial charge in [-0.25, -0.2) is 4.98 Å². The van der Waals surface area contributed by atoms with Gasteiger partial charge in [-0.05, 0) is 45.4 Å². The lowest BCUT2D eigenvalue weighted by molar-refractivity contribution is -0.123. The van der Waals surface area contributed by atoms with Crippen molar-refractivity contribution < 1.29 is 9.59 Å². The van der Waals surface area contributed by atoms with Gasteiger partial charge in [0.15, 0.2) is 0 Å². The second-order valence-corrected chi connectivity index (χ2v) is 10.1. The van der Waals surface area contributed by atoms with Crippen molar-refractivity contribution in [3.05, 3.63) is 40.4 Å². The molecule has 0 radical (unpaired) electrons. The van der Waals surface area contributed by atoms with Crippen molar-refractivity contribution in [3.63, 3.8) is 0 Å². The van der Waals surface area contributed by atoms with Gasteiger partial charge < -0.3 is 10.2 Å². The first-order valence-corrected chi connectivity index (χ1v) is 12.4. The maximum Gasteiger partial charge on any atom is 0.265 e. The molecule has 31 heavy (non-hydrogen) atoms. The molecular formula is C25H33N3O2S. The van der Waals surface area contributed by atoms with E-state index < -0.39 is 0 Å². The zero-order valence-corrected chi connectivity index (χ0v) is 19.5. The zero-order valence-electron chi connectivity index (χ0n) is 18.7. The van der Waals surface area contributed by atoms with Crippen molar-refractivity contribution >= 4 is 23.2 Å². The Labute approximate surface area is 189 Å². The first-order chi connectivity index (χ1) is 15.0. The van der Waals surface area contributed by atoms with Crippen LogP contribution in [0, 0.1) is 19.8 Å². The number of amides is 2. The second-order valence-electron chi connectivity index (χ2n) is 9.14. The predicted octanol–water partition coefficient (Wildman–Crippen LogP) is 5.12. The van der Waals surface area contributed by atoms with E-state index in [4.69, 9.17) is 0 Å². The Kier molecular flexibility index (Phi) is 7.06. The minimum atomic E-state index is 0.0819. The molecule has 1 aliphatic heterocycles. The molecule has 1 saturated carbocycles. The van der Waals surface area contributed by atoms with Gasteiger partial charge in [-0.3, -0.25) is 9.59 Å². The van der Waals surface area contributed by atoms with Gasteiger partial charge in [0.1, 0.15) is 9.88 Å². The molecule has 1 aromatic carbocycles. The summed E-state index contributed by atoms with van der Waals surface area (Å²) in [5.74, 6) is 0.648. The molecule has 0 bridgehead atoms. The molecule has 166 valence electrons. The number of aryl methyl sites for hydroxylation is 2. The van der Waals surface area contributed by atoms with Crippen molar-refractivity contribution in [3.8, 4) is 10.6 Å². The summed E-state index contributed by atoms with van der Waals surface area (Å²) in [7, 11) is 0. The lowest BCUT2D eigenvalue weighted by Crippen LogP contribution is -2.41. The molecule has 4 rings (SSSR count). The van der Waals surface area contributed by atoms with Crippen molar-refractivity contribution in [2.45, 2.75) is 71.3 Å². The first-order valence-electron chi connectivity index (χ1n) is 11.6. The third kappa shape index (κ3) is 5.53. The van der Waals surface area contributed by atoms with Crippen molar-refractivity contribution in [2.24, 2.45) is 5.92 Å². The van der Waals surface area contributed by atoms with Crippen LogP contribution in [0.2, 0.25) is 0 Å². The number of thiazole rings is 1. The molecule has 2 amide bonds. The molecule has 2 aromatic rings. The first kappa shape index (κ1) is 22.0. The van der Waals surface area contributed by atoms with E-state index in [0.29, 0.717) is 18.4 Å². The van der Waals surface area contributed by atoms with Crippen LogP contribution in [-0.4, -0.2) is 40.8 Å². The Bertz CT molecular complexity index is 907. The van der Waals surface area contributed by atoms with E-state index in [1.807, 2.05) is 11.8 Å². The van der Waals surface area contributed by atoms with Crippen molar-refractivity contribution in [1.29, 1.82) is 0 Å². The lowest BCUT2D eigenvalue weighted by Gasteiger charge is -2.32. The molecule has 2 heterocycles. The number of piperidine rings is 1. The molecule has 1 saturated heterocycles. The third-order valence-corrected chi connectivity index (χ3v) is 7.83. The van der Waals surface area contributed by atoms with E-state index in [2.05, 4.69) is 41.5 Å². The van der Waals surface area contributed by atoms with Gasteiger partial charge in [0.25, 0.3) is 5.91 Å². The molecule has 1 aliphatic carbocycles. The number of hydrogen-bond donors (Lipinski definition) is 1. The topological polar surface area (TPSA) is 62.3 Å². The summed E-state index contributed by atoms with van der Waals surface area (Å²) in [5, 5.41) is 4.13. The fraction of sp³-hybridized carbons (Fsp3) is 0.560. The summed E-state index contributed by atoms with van der Waals surface area (Å²) in [6.45, 7) is 5.42.